The summed E-state index contributed by atoms with van der Waals surface area (Å²) in [5.41, 5.74) is 1.99. The molecule has 3 nitrogen and oxygen atoms in total. The largest absolute Gasteiger partial charge is 0.497 e. The SMILES string of the molecule is CCn1c(=O)cc(C)c2ccc(OC)cc21. The average Bonchev–Trinajstić information content (AvgIpc) is 2.28. The average molecular weight is 217 g/mol. The minimum atomic E-state index is 0.0424. The van der Waals surface area contributed by atoms with Gasteiger partial charge in [0.25, 0.3) is 5.56 Å². The van der Waals surface area contributed by atoms with E-state index in [4.69, 9.17) is 4.74 Å². The van der Waals surface area contributed by atoms with Crippen molar-refractivity contribution in [2.24, 2.45) is 0 Å². The van der Waals surface area contributed by atoms with Crippen LogP contribution in [0.15, 0.2) is 29.1 Å². The van der Waals surface area contributed by atoms with Crippen LogP contribution in [0.4, 0.5) is 0 Å². The Balaban J connectivity index is 2.89. The summed E-state index contributed by atoms with van der Waals surface area (Å²) in [4.78, 5) is 11.8. The molecule has 2 aromatic rings. The molecule has 2 rings (SSSR count). The van der Waals surface area contributed by atoms with Gasteiger partial charge in [-0.05, 0) is 31.5 Å². The fraction of sp³-hybridized carbons (Fsp3) is 0.308. The Kier molecular flexibility index (Phi) is 2.69. The van der Waals surface area contributed by atoms with Crippen molar-refractivity contribution in [1.82, 2.24) is 4.57 Å². The lowest BCUT2D eigenvalue weighted by Crippen LogP contribution is -2.19. The van der Waals surface area contributed by atoms with Crippen molar-refractivity contribution >= 4 is 10.9 Å². The number of aromatic nitrogens is 1. The van der Waals surface area contributed by atoms with Gasteiger partial charge in [0.1, 0.15) is 5.75 Å². The fourth-order valence-electron chi connectivity index (χ4n) is 1.98. The van der Waals surface area contributed by atoms with Gasteiger partial charge < -0.3 is 9.30 Å². The number of aryl methyl sites for hydroxylation is 2. The molecule has 0 aliphatic rings. The summed E-state index contributed by atoms with van der Waals surface area (Å²) < 4.78 is 6.94. The zero-order valence-corrected chi connectivity index (χ0v) is 9.78. The van der Waals surface area contributed by atoms with E-state index in [1.807, 2.05) is 32.0 Å². The zero-order valence-electron chi connectivity index (χ0n) is 9.78. The van der Waals surface area contributed by atoms with E-state index in [0.29, 0.717) is 6.54 Å². The second kappa shape index (κ2) is 4.00. The molecular formula is C13H15NO2. The Morgan fingerprint density at radius 2 is 2.06 bits per heavy atom. The number of hydrogen-bond acceptors (Lipinski definition) is 2. The Morgan fingerprint density at radius 1 is 1.31 bits per heavy atom. The van der Waals surface area contributed by atoms with Crippen LogP contribution in [0.1, 0.15) is 12.5 Å². The highest BCUT2D eigenvalue weighted by Gasteiger charge is 2.05. The summed E-state index contributed by atoms with van der Waals surface area (Å²) in [5, 5.41) is 1.10. The molecule has 1 aromatic carbocycles. The van der Waals surface area contributed by atoms with Gasteiger partial charge in [-0.1, -0.05) is 0 Å². The van der Waals surface area contributed by atoms with Gasteiger partial charge in [0.05, 0.1) is 12.6 Å². The third-order valence-electron chi connectivity index (χ3n) is 2.84. The van der Waals surface area contributed by atoms with Gasteiger partial charge in [-0.25, -0.2) is 0 Å². The highest BCUT2D eigenvalue weighted by Crippen LogP contribution is 2.21. The first-order valence-electron chi connectivity index (χ1n) is 5.35. The predicted molar refractivity (Wildman–Crippen MR) is 65.2 cm³/mol. The standard InChI is InChI=1S/C13H15NO2/c1-4-14-12-8-10(16-3)5-6-11(12)9(2)7-13(14)15/h5-8H,4H2,1-3H3. The number of benzene rings is 1. The number of hydrogen-bond donors (Lipinski definition) is 0. The van der Waals surface area contributed by atoms with Crippen molar-refractivity contribution in [3.63, 3.8) is 0 Å². The quantitative estimate of drug-likeness (QED) is 0.773. The Morgan fingerprint density at radius 3 is 2.69 bits per heavy atom. The van der Waals surface area contributed by atoms with Gasteiger partial charge in [-0.2, -0.15) is 0 Å². The van der Waals surface area contributed by atoms with Gasteiger partial charge in [0.2, 0.25) is 0 Å². The van der Waals surface area contributed by atoms with Crippen molar-refractivity contribution in [3.8, 4) is 5.75 Å². The minimum absolute atomic E-state index is 0.0424. The molecule has 0 bridgehead atoms. The van der Waals surface area contributed by atoms with E-state index in [-0.39, 0.29) is 5.56 Å². The molecule has 0 saturated carbocycles. The molecule has 16 heavy (non-hydrogen) atoms. The number of nitrogens with zero attached hydrogens (tertiary/aromatic N) is 1. The normalized spacial score (nSPS) is 10.7. The number of methoxy groups -OCH3 is 1. The van der Waals surface area contributed by atoms with Gasteiger partial charge in [0.15, 0.2) is 0 Å². The highest BCUT2D eigenvalue weighted by molar-refractivity contribution is 5.83. The van der Waals surface area contributed by atoms with E-state index < -0.39 is 0 Å². The van der Waals surface area contributed by atoms with E-state index in [0.717, 1.165) is 22.2 Å². The first-order valence-corrected chi connectivity index (χ1v) is 5.35. The first-order chi connectivity index (χ1) is 7.67. The Bertz CT molecular complexity index is 584. The van der Waals surface area contributed by atoms with Crippen LogP contribution in [-0.4, -0.2) is 11.7 Å². The van der Waals surface area contributed by atoms with Crippen molar-refractivity contribution in [1.29, 1.82) is 0 Å². The molecule has 0 saturated heterocycles. The second-order valence-corrected chi connectivity index (χ2v) is 3.79. The monoisotopic (exact) mass is 217 g/mol. The van der Waals surface area contributed by atoms with Crippen LogP contribution in [0.3, 0.4) is 0 Å². The summed E-state index contributed by atoms with van der Waals surface area (Å²) in [6.45, 7) is 4.59. The van der Waals surface area contributed by atoms with Crippen molar-refractivity contribution < 1.29 is 4.74 Å². The smallest absolute Gasteiger partial charge is 0.251 e. The lowest BCUT2D eigenvalue weighted by molar-refractivity contribution is 0.415. The third kappa shape index (κ3) is 1.58. The van der Waals surface area contributed by atoms with Crippen LogP contribution >= 0.6 is 0 Å². The van der Waals surface area contributed by atoms with E-state index in [2.05, 4.69) is 0 Å². The fourth-order valence-corrected chi connectivity index (χ4v) is 1.98. The van der Waals surface area contributed by atoms with Crippen LogP contribution < -0.4 is 10.3 Å². The molecule has 0 spiro atoms. The second-order valence-electron chi connectivity index (χ2n) is 3.79. The lowest BCUT2D eigenvalue weighted by atomic mass is 10.1. The molecule has 0 unspecified atom stereocenters. The van der Waals surface area contributed by atoms with Crippen LogP contribution in [-0.2, 0) is 6.54 Å². The van der Waals surface area contributed by atoms with E-state index >= 15 is 0 Å². The molecule has 84 valence electrons. The van der Waals surface area contributed by atoms with Crippen LogP contribution in [0.2, 0.25) is 0 Å². The van der Waals surface area contributed by atoms with Crippen LogP contribution in [0.5, 0.6) is 5.75 Å². The summed E-state index contributed by atoms with van der Waals surface area (Å²) in [5.74, 6) is 0.778. The van der Waals surface area contributed by atoms with Crippen molar-refractivity contribution in [3.05, 3.63) is 40.2 Å². The van der Waals surface area contributed by atoms with Gasteiger partial charge in [-0.15, -0.1) is 0 Å². The van der Waals surface area contributed by atoms with Gasteiger partial charge >= 0.3 is 0 Å². The molecule has 0 amide bonds. The summed E-state index contributed by atoms with van der Waals surface area (Å²) in [7, 11) is 1.63. The van der Waals surface area contributed by atoms with Gasteiger partial charge in [0, 0.05) is 24.1 Å². The summed E-state index contributed by atoms with van der Waals surface area (Å²) >= 11 is 0. The molecule has 0 N–H and O–H groups in total. The van der Waals surface area contributed by atoms with Gasteiger partial charge in [-0.3, -0.25) is 4.79 Å². The lowest BCUT2D eigenvalue weighted by Gasteiger charge is -2.11. The molecule has 1 heterocycles. The topological polar surface area (TPSA) is 31.2 Å². The highest BCUT2D eigenvalue weighted by atomic mass is 16.5. The Hall–Kier alpha value is -1.77. The molecule has 3 heteroatoms. The predicted octanol–water partition coefficient (Wildman–Crippen LogP) is 2.34. The molecule has 0 fully saturated rings. The number of fused-ring (bicyclic) bond motifs is 1. The van der Waals surface area contributed by atoms with E-state index in [9.17, 15) is 4.79 Å². The van der Waals surface area contributed by atoms with Crippen molar-refractivity contribution in [2.75, 3.05) is 7.11 Å². The Labute approximate surface area is 94.3 Å². The number of pyridine rings is 1. The summed E-state index contributed by atoms with van der Waals surface area (Å²) in [6.07, 6.45) is 0. The van der Waals surface area contributed by atoms with Crippen LogP contribution in [0, 0.1) is 6.92 Å². The molecule has 1 aromatic heterocycles. The molecular weight excluding hydrogens is 202 g/mol. The first kappa shape index (κ1) is 10.7. The molecule has 0 aliphatic heterocycles. The van der Waals surface area contributed by atoms with E-state index in [1.54, 1.807) is 17.7 Å². The molecule has 0 aliphatic carbocycles. The molecule has 0 radical (unpaired) electrons. The number of rotatable bonds is 2. The molecule has 0 atom stereocenters. The maximum Gasteiger partial charge on any atom is 0.251 e. The zero-order chi connectivity index (χ0) is 11.7. The third-order valence-corrected chi connectivity index (χ3v) is 2.84. The minimum Gasteiger partial charge on any atom is -0.497 e. The van der Waals surface area contributed by atoms with Crippen molar-refractivity contribution in [2.45, 2.75) is 20.4 Å². The summed E-state index contributed by atoms with van der Waals surface area (Å²) in [6, 6.07) is 7.50. The van der Waals surface area contributed by atoms with Crippen LogP contribution in [0.25, 0.3) is 10.9 Å². The maximum atomic E-state index is 11.8. The number of ether oxygens (including phenoxy) is 1. The maximum absolute atomic E-state index is 11.8. The van der Waals surface area contributed by atoms with E-state index in [1.165, 1.54) is 0 Å².